The lowest BCUT2D eigenvalue weighted by Crippen LogP contribution is -2.07. The van der Waals surface area contributed by atoms with Crippen LogP contribution in [0.5, 0.6) is 11.5 Å². The minimum absolute atomic E-state index is 0.116. The Balaban J connectivity index is 2.82. The Kier molecular flexibility index (Phi) is 7.41. The summed E-state index contributed by atoms with van der Waals surface area (Å²) in [6, 6.07) is 5.42. The summed E-state index contributed by atoms with van der Waals surface area (Å²) in [6.07, 6.45) is 1.08. The lowest BCUT2D eigenvalue weighted by atomic mass is 10.1. The van der Waals surface area contributed by atoms with Crippen molar-refractivity contribution >= 4 is 17.5 Å². The van der Waals surface area contributed by atoms with Gasteiger partial charge in [-0.3, -0.25) is 4.79 Å². The quantitative estimate of drug-likeness (QED) is 0.509. The fourth-order valence-electron chi connectivity index (χ4n) is 1.65. The summed E-state index contributed by atoms with van der Waals surface area (Å²) in [5, 5.41) is 0. The fourth-order valence-corrected chi connectivity index (χ4v) is 2.43. The Hall–Kier alpha value is -1.16. The van der Waals surface area contributed by atoms with E-state index in [1.807, 2.05) is 19.9 Å². The van der Waals surface area contributed by atoms with E-state index in [0.717, 1.165) is 17.9 Å². The summed E-state index contributed by atoms with van der Waals surface area (Å²) >= 11 is 1.66. The summed E-state index contributed by atoms with van der Waals surface area (Å²) in [5.74, 6) is 2.98. The topological polar surface area (TPSA) is 35.5 Å². The van der Waals surface area contributed by atoms with Crippen molar-refractivity contribution in [3.05, 3.63) is 23.8 Å². The van der Waals surface area contributed by atoms with Crippen LogP contribution in [0.2, 0.25) is 0 Å². The van der Waals surface area contributed by atoms with Crippen LogP contribution in [0.3, 0.4) is 0 Å². The molecule has 0 aliphatic rings. The molecule has 0 bridgehead atoms. The van der Waals surface area contributed by atoms with Crippen LogP contribution in [0.25, 0.3) is 0 Å². The van der Waals surface area contributed by atoms with Crippen LogP contribution in [0, 0.1) is 0 Å². The normalized spacial score (nSPS) is 10.3. The van der Waals surface area contributed by atoms with Gasteiger partial charge in [-0.2, -0.15) is 11.8 Å². The Morgan fingerprint density at radius 3 is 2.53 bits per heavy atom. The van der Waals surface area contributed by atoms with Crippen LogP contribution in [0.15, 0.2) is 18.2 Å². The highest BCUT2D eigenvalue weighted by Crippen LogP contribution is 2.26. The van der Waals surface area contributed by atoms with Gasteiger partial charge in [0.25, 0.3) is 0 Å². The highest BCUT2D eigenvalue weighted by Gasteiger charge is 2.13. The molecule has 4 heteroatoms. The van der Waals surface area contributed by atoms with Crippen molar-refractivity contribution in [3.63, 3.8) is 0 Å². The van der Waals surface area contributed by atoms with E-state index in [9.17, 15) is 4.79 Å². The van der Waals surface area contributed by atoms with Crippen molar-refractivity contribution in [3.8, 4) is 11.5 Å². The number of ether oxygens (including phenoxy) is 2. The van der Waals surface area contributed by atoms with Gasteiger partial charge in [0.15, 0.2) is 5.78 Å². The molecular formula is C15H22O3S. The first-order valence-electron chi connectivity index (χ1n) is 6.73. The molecular weight excluding hydrogens is 260 g/mol. The van der Waals surface area contributed by atoms with Crippen LogP contribution in [0.1, 0.15) is 37.6 Å². The van der Waals surface area contributed by atoms with Crippen LogP contribution in [0.4, 0.5) is 0 Å². The average molecular weight is 282 g/mol. The Bertz CT molecular complexity index is 404. The Morgan fingerprint density at radius 2 is 1.89 bits per heavy atom. The Morgan fingerprint density at radius 1 is 1.16 bits per heavy atom. The minimum Gasteiger partial charge on any atom is -0.494 e. The average Bonchev–Trinajstić information content (AvgIpc) is 2.40. The van der Waals surface area contributed by atoms with Crippen LogP contribution >= 0.6 is 11.8 Å². The van der Waals surface area contributed by atoms with Crippen LogP contribution in [-0.2, 0) is 0 Å². The number of benzene rings is 1. The van der Waals surface area contributed by atoms with Gasteiger partial charge in [0.2, 0.25) is 0 Å². The molecule has 1 aromatic rings. The maximum Gasteiger partial charge on any atom is 0.176 e. The molecule has 0 unspecified atom stereocenters. The number of ketones is 1. The van der Waals surface area contributed by atoms with Crippen LogP contribution in [-0.4, -0.2) is 30.5 Å². The van der Waals surface area contributed by atoms with E-state index in [4.69, 9.17) is 9.47 Å². The summed E-state index contributed by atoms with van der Waals surface area (Å²) in [6.45, 7) is 7.09. The number of Topliss-reactive ketones (excluding diaryl/α,β-unsaturated/α-hetero) is 1. The van der Waals surface area contributed by atoms with E-state index in [0.29, 0.717) is 30.3 Å². The van der Waals surface area contributed by atoms with Crippen molar-refractivity contribution in [1.82, 2.24) is 0 Å². The number of carbonyl (C=O) groups is 1. The zero-order valence-electron chi connectivity index (χ0n) is 11.9. The van der Waals surface area contributed by atoms with Gasteiger partial charge in [-0.15, -0.1) is 0 Å². The molecule has 1 aromatic carbocycles. The predicted octanol–water partition coefficient (Wildman–Crippen LogP) is 3.81. The summed E-state index contributed by atoms with van der Waals surface area (Å²) in [4.78, 5) is 12.1. The molecule has 1 rings (SSSR count). The van der Waals surface area contributed by atoms with Gasteiger partial charge < -0.3 is 9.47 Å². The minimum atomic E-state index is 0.116. The van der Waals surface area contributed by atoms with Crippen molar-refractivity contribution < 1.29 is 14.3 Å². The molecule has 0 fully saturated rings. The summed E-state index contributed by atoms with van der Waals surface area (Å²) in [7, 11) is 0. The third kappa shape index (κ3) is 5.15. The van der Waals surface area contributed by atoms with Gasteiger partial charge >= 0.3 is 0 Å². The summed E-state index contributed by atoms with van der Waals surface area (Å²) in [5.41, 5.74) is 0.647. The van der Waals surface area contributed by atoms with Crippen molar-refractivity contribution in [2.24, 2.45) is 0 Å². The van der Waals surface area contributed by atoms with Crippen molar-refractivity contribution in [1.29, 1.82) is 0 Å². The Labute approximate surface area is 119 Å². The van der Waals surface area contributed by atoms with E-state index in [1.54, 1.807) is 23.9 Å². The lowest BCUT2D eigenvalue weighted by molar-refractivity contribution is 0.101. The molecule has 0 amide bonds. The predicted molar refractivity (Wildman–Crippen MR) is 80.7 cm³/mol. The molecule has 0 atom stereocenters. The molecule has 0 spiro atoms. The molecule has 0 aliphatic heterocycles. The lowest BCUT2D eigenvalue weighted by Gasteiger charge is -2.11. The number of hydrogen-bond acceptors (Lipinski definition) is 4. The SMILES string of the molecule is CCCSCC(=O)c1ccc(OCC)cc1OCC. The van der Waals surface area contributed by atoms with E-state index >= 15 is 0 Å². The monoisotopic (exact) mass is 282 g/mol. The number of hydrogen-bond donors (Lipinski definition) is 0. The molecule has 0 N–H and O–H groups in total. The number of carbonyl (C=O) groups excluding carboxylic acids is 1. The maximum absolute atomic E-state index is 12.1. The smallest absolute Gasteiger partial charge is 0.176 e. The second-order valence-electron chi connectivity index (χ2n) is 4.00. The highest BCUT2D eigenvalue weighted by molar-refractivity contribution is 7.99. The third-order valence-corrected chi connectivity index (χ3v) is 3.61. The second-order valence-corrected chi connectivity index (χ2v) is 5.10. The van der Waals surface area contributed by atoms with E-state index in [-0.39, 0.29) is 5.78 Å². The molecule has 106 valence electrons. The fraction of sp³-hybridized carbons (Fsp3) is 0.533. The number of rotatable bonds is 9. The molecule has 0 aromatic heterocycles. The van der Waals surface area contributed by atoms with E-state index < -0.39 is 0 Å². The molecule has 0 saturated carbocycles. The van der Waals surface area contributed by atoms with Gasteiger partial charge in [0.1, 0.15) is 11.5 Å². The zero-order valence-corrected chi connectivity index (χ0v) is 12.7. The molecule has 3 nitrogen and oxygen atoms in total. The van der Waals surface area contributed by atoms with E-state index in [1.165, 1.54) is 0 Å². The van der Waals surface area contributed by atoms with Gasteiger partial charge in [0.05, 0.1) is 24.5 Å². The first kappa shape index (κ1) is 15.9. The molecule has 0 radical (unpaired) electrons. The van der Waals surface area contributed by atoms with Crippen molar-refractivity contribution in [2.45, 2.75) is 27.2 Å². The third-order valence-electron chi connectivity index (χ3n) is 2.45. The first-order valence-corrected chi connectivity index (χ1v) is 7.88. The van der Waals surface area contributed by atoms with E-state index in [2.05, 4.69) is 6.92 Å². The highest BCUT2D eigenvalue weighted by atomic mass is 32.2. The second kappa shape index (κ2) is 8.86. The standard InChI is InChI=1S/C15H22O3S/c1-4-9-19-11-14(16)13-8-7-12(17-5-2)10-15(13)18-6-3/h7-8,10H,4-6,9,11H2,1-3H3. The molecule has 0 aliphatic carbocycles. The zero-order chi connectivity index (χ0) is 14.1. The van der Waals surface area contributed by atoms with Crippen molar-refractivity contribution in [2.75, 3.05) is 24.7 Å². The maximum atomic E-state index is 12.1. The van der Waals surface area contributed by atoms with Gasteiger partial charge in [-0.25, -0.2) is 0 Å². The van der Waals surface area contributed by atoms with Gasteiger partial charge in [0, 0.05) is 6.07 Å². The first-order chi connectivity index (χ1) is 9.22. The van der Waals surface area contributed by atoms with Crippen LogP contribution < -0.4 is 9.47 Å². The largest absolute Gasteiger partial charge is 0.494 e. The van der Waals surface area contributed by atoms with Gasteiger partial charge in [-0.1, -0.05) is 6.92 Å². The summed E-state index contributed by atoms with van der Waals surface area (Å²) < 4.78 is 11.0. The molecule has 19 heavy (non-hydrogen) atoms. The number of thioether (sulfide) groups is 1. The van der Waals surface area contributed by atoms with Gasteiger partial charge in [-0.05, 0) is 38.2 Å². The molecule has 0 saturated heterocycles. The molecule has 0 heterocycles.